The number of hydrogen-bond acceptors (Lipinski definition) is 4. The van der Waals surface area contributed by atoms with E-state index in [1.165, 1.54) is 0 Å². The van der Waals surface area contributed by atoms with E-state index in [9.17, 15) is 9.90 Å². The van der Waals surface area contributed by atoms with E-state index in [4.69, 9.17) is 0 Å². The van der Waals surface area contributed by atoms with Crippen LogP contribution in [-0.2, 0) is 18.4 Å². The van der Waals surface area contributed by atoms with E-state index in [1.54, 1.807) is 6.08 Å². The molecule has 0 radical (unpaired) electrons. The molecule has 0 spiro atoms. The maximum absolute atomic E-state index is 12.3. The number of rotatable bonds is 3. The average molecular weight is 332 g/mol. The second-order valence-corrected chi connectivity index (χ2v) is 7.50. The van der Waals surface area contributed by atoms with Crippen molar-refractivity contribution in [3.05, 3.63) is 29.9 Å². The van der Waals surface area contributed by atoms with Crippen LogP contribution in [0.2, 0.25) is 0 Å². The van der Waals surface area contributed by atoms with Crippen molar-refractivity contribution in [1.82, 2.24) is 19.4 Å². The first-order valence-electron chi connectivity index (χ1n) is 8.72. The van der Waals surface area contributed by atoms with Gasteiger partial charge in [-0.2, -0.15) is 0 Å². The predicted octanol–water partition coefficient (Wildman–Crippen LogP) is 1.17. The molecule has 3 heterocycles. The summed E-state index contributed by atoms with van der Waals surface area (Å²) >= 11 is 0. The smallest absolute Gasteiger partial charge is 0.246 e. The molecule has 0 saturated carbocycles. The molecule has 6 nitrogen and oxygen atoms in total. The minimum Gasteiger partial charge on any atom is -0.389 e. The van der Waals surface area contributed by atoms with Gasteiger partial charge in [-0.3, -0.25) is 9.69 Å². The van der Waals surface area contributed by atoms with Crippen molar-refractivity contribution in [2.75, 3.05) is 26.2 Å². The van der Waals surface area contributed by atoms with Gasteiger partial charge in [-0.25, -0.2) is 4.98 Å². The van der Waals surface area contributed by atoms with Crippen LogP contribution in [0.1, 0.15) is 32.5 Å². The van der Waals surface area contributed by atoms with E-state index in [0.29, 0.717) is 19.5 Å². The summed E-state index contributed by atoms with van der Waals surface area (Å²) in [6.45, 7) is 7.63. The molecule has 1 aromatic heterocycles. The van der Waals surface area contributed by atoms with Crippen molar-refractivity contribution in [2.24, 2.45) is 13.0 Å². The van der Waals surface area contributed by atoms with Gasteiger partial charge in [0.25, 0.3) is 0 Å². The molecule has 132 valence electrons. The molecule has 2 fully saturated rings. The average Bonchev–Trinajstić information content (AvgIpc) is 2.91. The van der Waals surface area contributed by atoms with E-state index >= 15 is 0 Å². The van der Waals surface area contributed by atoms with Crippen LogP contribution in [0.4, 0.5) is 0 Å². The molecule has 2 saturated heterocycles. The third-order valence-electron chi connectivity index (χ3n) is 5.36. The fourth-order valence-electron chi connectivity index (χ4n) is 3.80. The first-order valence-corrected chi connectivity index (χ1v) is 8.72. The van der Waals surface area contributed by atoms with Crippen molar-refractivity contribution >= 4 is 5.91 Å². The minimum absolute atomic E-state index is 0.0678. The second-order valence-electron chi connectivity index (χ2n) is 7.50. The number of aryl methyl sites for hydroxylation is 1. The van der Waals surface area contributed by atoms with Gasteiger partial charge in [0.05, 0.1) is 12.1 Å². The zero-order chi connectivity index (χ0) is 17.3. The Bertz CT molecular complexity index is 635. The van der Waals surface area contributed by atoms with E-state index in [-0.39, 0.29) is 11.8 Å². The van der Waals surface area contributed by atoms with Crippen LogP contribution in [0.15, 0.2) is 24.0 Å². The Morgan fingerprint density at radius 2 is 2.12 bits per heavy atom. The van der Waals surface area contributed by atoms with Gasteiger partial charge >= 0.3 is 0 Å². The fourth-order valence-corrected chi connectivity index (χ4v) is 3.80. The summed E-state index contributed by atoms with van der Waals surface area (Å²) < 4.78 is 2.03. The molecule has 0 aliphatic carbocycles. The van der Waals surface area contributed by atoms with Gasteiger partial charge in [-0.05, 0) is 26.7 Å². The molecule has 0 bridgehead atoms. The molecule has 3 rings (SSSR count). The van der Waals surface area contributed by atoms with Crippen molar-refractivity contribution in [3.63, 3.8) is 0 Å². The normalized spacial score (nSPS) is 27.7. The number of aliphatic hydroxyl groups is 1. The maximum atomic E-state index is 12.3. The van der Waals surface area contributed by atoms with Crippen LogP contribution in [0.5, 0.6) is 0 Å². The van der Waals surface area contributed by atoms with Crippen LogP contribution in [0, 0.1) is 5.92 Å². The summed E-state index contributed by atoms with van der Waals surface area (Å²) in [7, 11) is 2.00. The number of likely N-dealkylation sites (tertiary alicyclic amines) is 2. The van der Waals surface area contributed by atoms with Gasteiger partial charge in [0.1, 0.15) is 5.82 Å². The van der Waals surface area contributed by atoms with Crippen LogP contribution in [-0.4, -0.2) is 62.1 Å². The SMILES string of the molecule is CC(C)=CC(=O)N1CC[C@@]2(O)CCN(Cc3nccn3C)C[C@H]2C1. The molecule has 1 amide bonds. The molecular weight excluding hydrogens is 304 g/mol. The topological polar surface area (TPSA) is 61.6 Å². The summed E-state index contributed by atoms with van der Waals surface area (Å²) in [5.41, 5.74) is 0.390. The number of fused-ring (bicyclic) bond motifs is 1. The molecular formula is C18H28N4O2. The summed E-state index contributed by atoms with van der Waals surface area (Å²) in [6, 6.07) is 0. The largest absolute Gasteiger partial charge is 0.389 e. The molecule has 0 aromatic carbocycles. The fraction of sp³-hybridized carbons (Fsp3) is 0.667. The number of carbonyl (C=O) groups excluding carboxylic acids is 1. The zero-order valence-corrected chi connectivity index (χ0v) is 14.9. The highest BCUT2D eigenvalue weighted by Crippen LogP contribution is 2.35. The monoisotopic (exact) mass is 332 g/mol. The first-order chi connectivity index (χ1) is 11.4. The summed E-state index contributed by atoms with van der Waals surface area (Å²) in [4.78, 5) is 20.9. The molecule has 6 heteroatoms. The second kappa shape index (κ2) is 6.69. The molecule has 1 N–H and O–H groups in total. The Kier molecular flexibility index (Phi) is 4.78. The van der Waals surface area contributed by atoms with E-state index in [0.717, 1.165) is 37.5 Å². The molecule has 1 aromatic rings. The predicted molar refractivity (Wildman–Crippen MR) is 92.2 cm³/mol. The lowest BCUT2D eigenvalue weighted by Gasteiger charge is -2.50. The highest BCUT2D eigenvalue weighted by atomic mass is 16.3. The number of aromatic nitrogens is 2. The van der Waals surface area contributed by atoms with Crippen LogP contribution < -0.4 is 0 Å². The Morgan fingerprint density at radius 1 is 1.38 bits per heavy atom. The van der Waals surface area contributed by atoms with Crippen molar-refractivity contribution in [1.29, 1.82) is 0 Å². The van der Waals surface area contributed by atoms with Crippen molar-refractivity contribution in [3.8, 4) is 0 Å². The highest BCUT2D eigenvalue weighted by Gasteiger charge is 2.45. The third kappa shape index (κ3) is 3.54. The van der Waals surface area contributed by atoms with E-state index in [2.05, 4.69) is 9.88 Å². The quantitative estimate of drug-likeness (QED) is 0.844. The molecule has 2 atom stereocenters. The zero-order valence-electron chi connectivity index (χ0n) is 14.9. The van der Waals surface area contributed by atoms with Gasteiger partial charge < -0.3 is 14.6 Å². The van der Waals surface area contributed by atoms with Gasteiger partial charge in [0.15, 0.2) is 0 Å². The highest BCUT2D eigenvalue weighted by molar-refractivity contribution is 5.88. The van der Waals surface area contributed by atoms with Crippen LogP contribution in [0.3, 0.4) is 0 Å². The first kappa shape index (κ1) is 17.2. The maximum Gasteiger partial charge on any atom is 0.246 e. The Hall–Kier alpha value is -1.66. The van der Waals surface area contributed by atoms with E-state index in [1.807, 2.05) is 42.8 Å². The third-order valence-corrected chi connectivity index (χ3v) is 5.36. The molecule has 0 unspecified atom stereocenters. The minimum atomic E-state index is -0.625. The van der Waals surface area contributed by atoms with Gasteiger partial charge in [0.2, 0.25) is 5.91 Å². The molecule has 2 aliphatic heterocycles. The lowest BCUT2D eigenvalue weighted by atomic mass is 9.75. The number of imidazole rings is 1. The van der Waals surface area contributed by atoms with Gasteiger partial charge in [-0.15, -0.1) is 0 Å². The summed E-state index contributed by atoms with van der Waals surface area (Å²) in [5.74, 6) is 1.21. The summed E-state index contributed by atoms with van der Waals surface area (Å²) in [6.07, 6.45) is 6.91. The summed E-state index contributed by atoms with van der Waals surface area (Å²) in [5, 5.41) is 11.0. The van der Waals surface area contributed by atoms with Crippen LogP contribution in [0.25, 0.3) is 0 Å². The van der Waals surface area contributed by atoms with E-state index < -0.39 is 5.60 Å². The number of allylic oxidation sites excluding steroid dienone is 1. The Morgan fingerprint density at radius 3 is 2.79 bits per heavy atom. The number of piperidine rings is 2. The van der Waals surface area contributed by atoms with Gasteiger partial charge in [0, 0.05) is 57.6 Å². The lowest BCUT2D eigenvalue weighted by Crippen LogP contribution is -2.60. The lowest BCUT2D eigenvalue weighted by molar-refractivity contribution is -0.142. The standard InChI is InChI=1S/C18H28N4O2/c1-14(2)10-17(23)22-8-5-18(24)4-7-21(11-15(18)12-22)13-16-19-6-9-20(16)3/h6,9-10,15,24H,4-5,7-8,11-13H2,1-3H3/t15-,18-/m0/s1. The Balaban J connectivity index is 1.66. The number of nitrogens with zero attached hydrogens (tertiary/aromatic N) is 4. The number of amides is 1. The Labute approximate surface area is 143 Å². The molecule has 24 heavy (non-hydrogen) atoms. The van der Waals surface area contributed by atoms with Crippen molar-refractivity contribution in [2.45, 2.75) is 38.8 Å². The number of hydrogen-bond donors (Lipinski definition) is 1. The number of carbonyl (C=O) groups is 1. The van der Waals surface area contributed by atoms with Gasteiger partial charge in [-0.1, -0.05) is 5.57 Å². The van der Waals surface area contributed by atoms with Crippen molar-refractivity contribution < 1.29 is 9.90 Å². The van der Waals surface area contributed by atoms with Crippen LogP contribution >= 0.6 is 0 Å². The molecule has 2 aliphatic rings.